The Hall–Kier alpha value is -2.09. The number of halogens is 2. The van der Waals surface area contributed by atoms with E-state index in [1.54, 1.807) is 10.7 Å². The molecule has 1 aliphatic carbocycles. The van der Waals surface area contributed by atoms with Crippen molar-refractivity contribution in [2.45, 2.75) is 50.5 Å². The van der Waals surface area contributed by atoms with E-state index in [0.717, 1.165) is 18.7 Å². The maximum Gasteiger partial charge on any atom is 0.248 e. The van der Waals surface area contributed by atoms with Crippen LogP contribution >= 0.6 is 0 Å². The molecular formula is C18H23F2N5O. The minimum atomic E-state index is -2.56. The molecule has 6 nitrogen and oxygen atoms in total. The van der Waals surface area contributed by atoms with E-state index in [-0.39, 0.29) is 36.6 Å². The Bertz CT molecular complexity index is 811. The number of fused-ring (bicyclic) bond motifs is 1. The third-order valence-corrected chi connectivity index (χ3v) is 5.62. The van der Waals surface area contributed by atoms with Gasteiger partial charge in [0.05, 0.1) is 23.6 Å². The number of nitrogens with one attached hydrogen (secondary N) is 1. The van der Waals surface area contributed by atoms with Crippen molar-refractivity contribution in [2.24, 2.45) is 17.6 Å². The number of imidazole rings is 1. The van der Waals surface area contributed by atoms with Crippen LogP contribution in [0.15, 0.2) is 18.3 Å². The molecule has 2 fully saturated rings. The minimum absolute atomic E-state index is 0.0150. The second-order valence-corrected chi connectivity index (χ2v) is 7.49. The zero-order valence-corrected chi connectivity index (χ0v) is 14.5. The van der Waals surface area contributed by atoms with Crippen molar-refractivity contribution in [2.75, 3.05) is 6.54 Å². The van der Waals surface area contributed by atoms with E-state index in [0.29, 0.717) is 30.6 Å². The van der Waals surface area contributed by atoms with Crippen LogP contribution in [0.3, 0.4) is 0 Å². The molecule has 4 rings (SSSR count). The zero-order valence-electron chi connectivity index (χ0n) is 14.5. The van der Waals surface area contributed by atoms with Crippen molar-refractivity contribution in [1.29, 1.82) is 0 Å². The van der Waals surface area contributed by atoms with E-state index in [9.17, 15) is 13.6 Å². The van der Waals surface area contributed by atoms with E-state index < -0.39 is 5.92 Å². The van der Waals surface area contributed by atoms with Gasteiger partial charge in [-0.15, -0.1) is 0 Å². The number of nitrogens with two attached hydrogens (primary N) is 1. The van der Waals surface area contributed by atoms with Crippen molar-refractivity contribution >= 4 is 11.6 Å². The van der Waals surface area contributed by atoms with E-state index >= 15 is 0 Å². The van der Waals surface area contributed by atoms with Gasteiger partial charge in [0.1, 0.15) is 0 Å². The maximum absolute atomic E-state index is 13.4. The van der Waals surface area contributed by atoms with Crippen LogP contribution in [0.25, 0.3) is 5.65 Å². The number of carbonyl (C=O) groups is 1. The molecule has 3 heterocycles. The van der Waals surface area contributed by atoms with Gasteiger partial charge in [-0.05, 0) is 37.3 Å². The Morgan fingerprint density at radius 2 is 2.08 bits per heavy atom. The Morgan fingerprint density at radius 1 is 1.31 bits per heavy atom. The van der Waals surface area contributed by atoms with E-state index in [4.69, 9.17) is 5.73 Å². The Labute approximate surface area is 150 Å². The summed E-state index contributed by atoms with van der Waals surface area (Å²) in [6, 6.07) is 3.38. The van der Waals surface area contributed by atoms with Crippen LogP contribution in [-0.2, 0) is 11.2 Å². The first kappa shape index (κ1) is 17.3. The number of aromatic nitrogens is 3. The first-order valence-electron chi connectivity index (χ1n) is 9.18. The number of carbonyl (C=O) groups excluding carboxylic acids is 1. The summed E-state index contributed by atoms with van der Waals surface area (Å²) in [5, 5.41) is 7.38. The highest BCUT2D eigenvalue weighted by Gasteiger charge is 2.37. The molecule has 2 aromatic heterocycles. The van der Waals surface area contributed by atoms with Gasteiger partial charge in [-0.3, -0.25) is 4.79 Å². The van der Waals surface area contributed by atoms with Crippen LogP contribution in [0.5, 0.6) is 0 Å². The van der Waals surface area contributed by atoms with Gasteiger partial charge in [0, 0.05) is 31.7 Å². The summed E-state index contributed by atoms with van der Waals surface area (Å²) in [5.74, 6) is -2.50. The normalized spacial score (nSPS) is 24.7. The van der Waals surface area contributed by atoms with Crippen molar-refractivity contribution in [1.82, 2.24) is 19.9 Å². The molecule has 0 bridgehead atoms. The summed E-state index contributed by atoms with van der Waals surface area (Å²) in [4.78, 5) is 16.2. The Kier molecular flexibility index (Phi) is 4.38. The van der Waals surface area contributed by atoms with Crippen molar-refractivity contribution < 1.29 is 13.6 Å². The third kappa shape index (κ3) is 3.42. The van der Waals surface area contributed by atoms with Crippen LogP contribution in [0.2, 0.25) is 0 Å². The van der Waals surface area contributed by atoms with Crippen molar-refractivity contribution in [3.8, 4) is 0 Å². The summed E-state index contributed by atoms with van der Waals surface area (Å²) in [6.07, 6.45) is 3.82. The van der Waals surface area contributed by atoms with Gasteiger partial charge in [-0.2, -0.15) is 5.10 Å². The van der Waals surface area contributed by atoms with Crippen LogP contribution in [0.1, 0.15) is 49.5 Å². The lowest BCUT2D eigenvalue weighted by Crippen LogP contribution is -2.31. The monoisotopic (exact) mass is 363 g/mol. The topological polar surface area (TPSA) is 85.3 Å². The number of amides is 1. The molecule has 1 amide bonds. The number of rotatable bonds is 4. The molecule has 0 aromatic carbocycles. The van der Waals surface area contributed by atoms with Gasteiger partial charge in [0.15, 0.2) is 5.65 Å². The molecule has 1 aliphatic heterocycles. The largest absolute Gasteiger partial charge is 0.356 e. The summed E-state index contributed by atoms with van der Waals surface area (Å²) in [5.41, 5.74) is 8.50. The lowest BCUT2D eigenvalue weighted by atomic mass is 9.81. The van der Waals surface area contributed by atoms with E-state index in [2.05, 4.69) is 15.4 Å². The number of alkyl halides is 2. The average Bonchev–Trinajstić information content (AvgIpc) is 3.20. The molecule has 26 heavy (non-hydrogen) atoms. The minimum Gasteiger partial charge on any atom is -0.356 e. The van der Waals surface area contributed by atoms with Crippen LogP contribution in [0, 0.1) is 11.8 Å². The Balaban J connectivity index is 1.49. The highest BCUT2D eigenvalue weighted by molar-refractivity contribution is 5.80. The second-order valence-electron chi connectivity index (χ2n) is 7.49. The molecule has 0 radical (unpaired) electrons. The molecule has 3 N–H and O–H groups in total. The summed E-state index contributed by atoms with van der Waals surface area (Å²) in [7, 11) is 0. The molecule has 8 heteroatoms. The smallest absolute Gasteiger partial charge is 0.248 e. The number of nitrogens with zero attached hydrogens (tertiary/aromatic N) is 3. The van der Waals surface area contributed by atoms with Crippen molar-refractivity contribution in [3.05, 3.63) is 29.7 Å². The molecule has 2 atom stereocenters. The number of hydrogen-bond donors (Lipinski definition) is 2. The summed E-state index contributed by atoms with van der Waals surface area (Å²) in [6.45, 7) is 0.719. The van der Waals surface area contributed by atoms with Gasteiger partial charge in [-0.25, -0.2) is 18.3 Å². The molecule has 2 aliphatic rings. The average molecular weight is 363 g/mol. The lowest BCUT2D eigenvalue weighted by Gasteiger charge is -2.31. The lowest BCUT2D eigenvalue weighted by molar-refractivity contribution is -0.122. The SMILES string of the molecule is N[C@H](c1cn2nc(CC3CCNC3=O)ccc2n1)C1CCC(F)(F)CC1. The predicted octanol–water partition coefficient (Wildman–Crippen LogP) is 2.23. The molecule has 2 aromatic rings. The second kappa shape index (κ2) is 6.57. The van der Waals surface area contributed by atoms with Gasteiger partial charge in [-0.1, -0.05) is 0 Å². The summed E-state index contributed by atoms with van der Waals surface area (Å²) >= 11 is 0. The fourth-order valence-electron chi connectivity index (χ4n) is 3.96. The highest BCUT2D eigenvalue weighted by atomic mass is 19.3. The Morgan fingerprint density at radius 3 is 2.77 bits per heavy atom. The molecule has 1 unspecified atom stereocenters. The fraction of sp³-hybridized carbons (Fsp3) is 0.611. The molecule has 140 valence electrons. The first-order chi connectivity index (χ1) is 12.4. The van der Waals surface area contributed by atoms with Gasteiger partial charge in [0.25, 0.3) is 0 Å². The third-order valence-electron chi connectivity index (χ3n) is 5.62. The quantitative estimate of drug-likeness (QED) is 0.872. The van der Waals surface area contributed by atoms with Crippen LogP contribution in [-0.4, -0.2) is 33.0 Å². The maximum atomic E-state index is 13.4. The molecule has 1 saturated heterocycles. The first-order valence-corrected chi connectivity index (χ1v) is 9.18. The van der Waals surface area contributed by atoms with Gasteiger partial charge < -0.3 is 11.1 Å². The van der Waals surface area contributed by atoms with E-state index in [1.165, 1.54) is 0 Å². The number of hydrogen-bond acceptors (Lipinski definition) is 4. The van der Waals surface area contributed by atoms with Crippen LogP contribution in [0.4, 0.5) is 8.78 Å². The van der Waals surface area contributed by atoms with Gasteiger partial charge >= 0.3 is 0 Å². The van der Waals surface area contributed by atoms with Gasteiger partial charge in [0.2, 0.25) is 11.8 Å². The van der Waals surface area contributed by atoms with Crippen molar-refractivity contribution in [3.63, 3.8) is 0 Å². The molecular weight excluding hydrogens is 340 g/mol. The predicted molar refractivity (Wildman–Crippen MR) is 91.6 cm³/mol. The molecule has 1 saturated carbocycles. The summed E-state index contributed by atoms with van der Waals surface area (Å²) < 4.78 is 28.4. The molecule has 0 spiro atoms. The van der Waals surface area contributed by atoms with E-state index in [1.807, 2.05) is 12.1 Å². The standard InChI is InChI=1S/C18H23F2N5O/c19-18(20)6-3-11(4-7-18)16(21)14-10-25-15(23-14)2-1-13(24-25)9-12-5-8-22-17(12)26/h1-2,10-12,16H,3-9,21H2,(H,22,26)/t12?,16-/m0/s1. The fourth-order valence-corrected chi connectivity index (χ4v) is 3.96. The zero-order chi connectivity index (χ0) is 18.3. The highest BCUT2D eigenvalue weighted by Crippen LogP contribution is 2.40. The van der Waals surface area contributed by atoms with Crippen LogP contribution < -0.4 is 11.1 Å².